The molecule has 0 N–H and O–H groups in total. The first-order valence-electron chi connectivity index (χ1n) is 9.01. The van der Waals surface area contributed by atoms with E-state index in [1.54, 1.807) is 0 Å². The van der Waals surface area contributed by atoms with Crippen LogP contribution in [0.5, 0.6) is 0 Å². The summed E-state index contributed by atoms with van der Waals surface area (Å²) >= 11 is 0. The van der Waals surface area contributed by atoms with Crippen LogP contribution >= 0.6 is 0 Å². The molecule has 4 rings (SSSR count). The maximum absolute atomic E-state index is 12.8. The Morgan fingerprint density at radius 3 is 2.77 bits per heavy atom. The highest BCUT2D eigenvalue weighted by Crippen LogP contribution is 2.50. The molecule has 2 saturated carbocycles. The van der Waals surface area contributed by atoms with Gasteiger partial charge in [-0.05, 0) is 62.6 Å². The molecule has 2 heteroatoms. The van der Waals surface area contributed by atoms with Crippen LogP contribution in [0.3, 0.4) is 0 Å². The molecule has 3 fully saturated rings. The average molecular weight is 297 g/mol. The number of carbonyl (C=O) groups excluding carboxylic acids is 1. The molecule has 1 aromatic carbocycles. The highest BCUT2D eigenvalue weighted by atomic mass is 16.1. The van der Waals surface area contributed by atoms with Crippen molar-refractivity contribution in [2.75, 3.05) is 13.6 Å². The zero-order valence-corrected chi connectivity index (χ0v) is 13.6. The van der Waals surface area contributed by atoms with Gasteiger partial charge in [-0.1, -0.05) is 36.8 Å². The van der Waals surface area contributed by atoms with E-state index in [-0.39, 0.29) is 5.92 Å². The summed E-state index contributed by atoms with van der Waals surface area (Å²) in [5.74, 6) is 2.91. The monoisotopic (exact) mass is 297 g/mol. The van der Waals surface area contributed by atoms with E-state index in [0.29, 0.717) is 17.6 Å². The Kier molecular flexibility index (Phi) is 3.81. The first-order chi connectivity index (χ1) is 10.7. The highest BCUT2D eigenvalue weighted by molar-refractivity contribution is 5.83. The van der Waals surface area contributed by atoms with Gasteiger partial charge >= 0.3 is 0 Å². The van der Waals surface area contributed by atoms with Gasteiger partial charge in [-0.3, -0.25) is 4.79 Å². The van der Waals surface area contributed by atoms with Crippen LogP contribution in [0.15, 0.2) is 30.3 Å². The lowest BCUT2D eigenvalue weighted by molar-refractivity contribution is -0.138. The van der Waals surface area contributed by atoms with Crippen molar-refractivity contribution in [3.8, 4) is 0 Å². The van der Waals surface area contributed by atoms with E-state index in [4.69, 9.17) is 0 Å². The summed E-state index contributed by atoms with van der Waals surface area (Å²) in [7, 11) is 2.30. The van der Waals surface area contributed by atoms with Crippen LogP contribution in [0.25, 0.3) is 0 Å². The zero-order chi connectivity index (χ0) is 15.1. The number of hydrogen-bond acceptors (Lipinski definition) is 2. The average Bonchev–Trinajstić information content (AvgIpc) is 2.55. The van der Waals surface area contributed by atoms with Crippen molar-refractivity contribution in [2.24, 2.45) is 23.7 Å². The van der Waals surface area contributed by atoms with Crippen molar-refractivity contribution in [2.45, 2.75) is 44.6 Å². The predicted molar refractivity (Wildman–Crippen MR) is 88.6 cm³/mol. The van der Waals surface area contributed by atoms with Gasteiger partial charge in [-0.25, -0.2) is 0 Å². The van der Waals surface area contributed by atoms with Crippen LogP contribution in [0.4, 0.5) is 0 Å². The second kappa shape index (κ2) is 5.81. The lowest BCUT2D eigenvalue weighted by Crippen LogP contribution is -2.57. The number of carbonyl (C=O) groups is 1. The summed E-state index contributed by atoms with van der Waals surface area (Å²) in [6, 6.07) is 11.4. The largest absolute Gasteiger partial charge is 0.303 e. The number of rotatable bonds is 2. The fourth-order valence-electron chi connectivity index (χ4n) is 5.63. The van der Waals surface area contributed by atoms with Crippen molar-refractivity contribution in [1.29, 1.82) is 0 Å². The maximum Gasteiger partial charge on any atom is 0.136 e. The number of nitrogens with zero attached hydrogens (tertiary/aromatic N) is 1. The van der Waals surface area contributed by atoms with Gasteiger partial charge in [0.1, 0.15) is 5.78 Å². The van der Waals surface area contributed by atoms with Crippen molar-refractivity contribution in [3.05, 3.63) is 35.9 Å². The molecule has 0 bridgehead atoms. The molecule has 0 amide bonds. The van der Waals surface area contributed by atoms with Gasteiger partial charge in [-0.15, -0.1) is 0 Å². The minimum absolute atomic E-state index is 0.276. The van der Waals surface area contributed by atoms with Crippen LogP contribution in [-0.2, 0) is 11.2 Å². The molecule has 1 aromatic rings. The van der Waals surface area contributed by atoms with E-state index in [2.05, 4.69) is 42.3 Å². The van der Waals surface area contributed by atoms with E-state index in [9.17, 15) is 4.79 Å². The maximum atomic E-state index is 12.8. The lowest BCUT2D eigenvalue weighted by Gasteiger charge is -2.54. The smallest absolute Gasteiger partial charge is 0.136 e. The number of ketones is 1. The van der Waals surface area contributed by atoms with E-state index < -0.39 is 0 Å². The van der Waals surface area contributed by atoms with Crippen LogP contribution in [-0.4, -0.2) is 30.3 Å². The van der Waals surface area contributed by atoms with E-state index in [0.717, 1.165) is 24.8 Å². The zero-order valence-electron chi connectivity index (χ0n) is 13.6. The first kappa shape index (κ1) is 14.4. The number of benzene rings is 1. The highest BCUT2D eigenvalue weighted by Gasteiger charge is 2.50. The normalized spacial score (nSPS) is 38.6. The summed E-state index contributed by atoms with van der Waals surface area (Å²) in [6.45, 7) is 1.19. The molecule has 3 aliphatic rings. The van der Waals surface area contributed by atoms with Crippen molar-refractivity contribution in [1.82, 2.24) is 4.90 Å². The Morgan fingerprint density at radius 1 is 1.14 bits per heavy atom. The fourth-order valence-corrected chi connectivity index (χ4v) is 5.63. The van der Waals surface area contributed by atoms with Gasteiger partial charge in [0.05, 0.1) is 0 Å². The van der Waals surface area contributed by atoms with E-state index >= 15 is 0 Å². The summed E-state index contributed by atoms with van der Waals surface area (Å²) in [5.41, 5.74) is 1.34. The molecule has 1 aliphatic heterocycles. The van der Waals surface area contributed by atoms with Gasteiger partial charge in [0.25, 0.3) is 0 Å². The minimum Gasteiger partial charge on any atom is -0.303 e. The fraction of sp³-hybridized carbons (Fsp3) is 0.650. The molecule has 0 spiro atoms. The molecule has 0 aromatic heterocycles. The topological polar surface area (TPSA) is 20.3 Å². The Labute approximate surface area is 133 Å². The quantitative estimate of drug-likeness (QED) is 0.832. The van der Waals surface area contributed by atoms with Crippen molar-refractivity contribution in [3.63, 3.8) is 0 Å². The van der Waals surface area contributed by atoms with Gasteiger partial charge in [0.2, 0.25) is 0 Å². The summed E-state index contributed by atoms with van der Waals surface area (Å²) in [6.07, 6.45) is 6.97. The molecule has 2 aliphatic carbocycles. The van der Waals surface area contributed by atoms with Crippen LogP contribution in [0.1, 0.15) is 37.7 Å². The lowest BCUT2D eigenvalue weighted by atomic mass is 9.56. The number of hydrogen-bond donors (Lipinski definition) is 0. The number of likely N-dealkylation sites (tertiary alicyclic amines) is 1. The molecule has 2 nitrogen and oxygen atoms in total. The first-order valence-corrected chi connectivity index (χ1v) is 9.01. The Bertz CT molecular complexity index is 540. The number of Topliss-reactive ketones (excluding diaryl/α,β-unsaturated/α-hetero) is 1. The van der Waals surface area contributed by atoms with Gasteiger partial charge in [-0.2, -0.15) is 0 Å². The van der Waals surface area contributed by atoms with Gasteiger partial charge < -0.3 is 4.90 Å². The molecule has 118 valence electrons. The predicted octanol–water partition coefficient (Wildman–Crippen LogP) is 3.55. The Morgan fingerprint density at radius 2 is 1.95 bits per heavy atom. The molecular weight excluding hydrogens is 270 g/mol. The van der Waals surface area contributed by atoms with Crippen LogP contribution in [0, 0.1) is 23.7 Å². The van der Waals surface area contributed by atoms with Crippen molar-refractivity contribution < 1.29 is 4.79 Å². The Balaban J connectivity index is 1.61. The second-order valence-corrected chi connectivity index (χ2v) is 7.74. The molecule has 1 heterocycles. The SMILES string of the molecule is CN1CC[C@@H]2CC(=O)[C@@H](Cc3ccccc3)[C@@H]3CCC[C@H]1[C@@H]23. The summed E-state index contributed by atoms with van der Waals surface area (Å²) < 4.78 is 0. The second-order valence-electron chi connectivity index (χ2n) is 7.74. The van der Waals surface area contributed by atoms with Crippen molar-refractivity contribution >= 4 is 5.78 Å². The number of piperidine rings is 1. The third-order valence-electron chi connectivity index (χ3n) is 6.63. The minimum atomic E-state index is 0.276. The molecule has 5 atom stereocenters. The molecule has 0 unspecified atom stereocenters. The molecule has 0 radical (unpaired) electrons. The molecule has 22 heavy (non-hydrogen) atoms. The Hall–Kier alpha value is -1.15. The van der Waals surface area contributed by atoms with Gasteiger partial charge in [0.15, 0.2) is 0 Å². The molecule has 1 saturated heterocycles. The van der Waals surface area contributed by atoms with E-state index in [1.807, 2.05) is 0 Å². The standard InChI is InChI=1S/C20H27NO/c1-21-11-10-15-13-19(22)17(12-14-6-3-2-4-7-14)16-8-5-9-18(21)20(15)16/h2-4,6-7,15-18,20H,5,8-13H2,1H3/t15-,16+,17+,18+,20+/m1/s1. The van der Waals surface area contributed by atoms with Crippen LogP contribution in [0.2, 0.25) is 0 Å². The third kappa shape index (κ3) is 2.42. The van der Waals surface area contributed by atoms with Crippen LogP contribution < -0.4 is 0 Å². The molecular formula is C20H27NO. The summed E-state index contributed by atoms with van der Waals surface area (Å²) in [4.78, 5) is 15.4. The summed E-state index contributed by atoms with van der Waals surface area (Å²) in [5, 5.41) is 0. The third-order valence-corrected chi connectivity index (χ3v) is 6.63. The van der Waals surface area contributed by atoms with E-state index in [1.165, 1.54) is 37.8 Å². The van der Waals surface area contributed by atoms with Gasteiger partial charge in [0, 0.05) is 18.4 Å².